The molecule has 0 aliphatic carbocycles. The minimum atomic E-state index is -3.80. The van der Waals surface area contributed by atoms with Crippen LogP contribution >= 0.6 is 26.6 Å². The van der Waals surface area contributed by atoms with Crippen molar-refractivity contribution in [1.29, 1.82) is 5.26 Å². The van der Waals surface area contributed by atoms with Crippen LogP contribution in [0.4, 0.5) is 0 Å². The molecular formula is C10H9BrClNO2S. The summed E-state index contributed by atoms with van der Waals surface area (Å²) in [4.78, 5) is 0.0258. The summed E-state index contributed by atoms with van der Waals surface area (Å²) in [6, 6.07) is 4.99. The van der Waals surface area contributed by atoms with E-state index in [0.717, 1.165) is 5.56 Å². The minimum absolute atomic E-state index is 0.0258. The van der Waals surface area contributed by atoms with Crippen LogP contribution in [0.15, 0.2) is 17.0 Å². The van der Waals surface area contributed by atoms with Crippen molar-refractivity contribution in [1.82, 2.24) is 0 Å². The average Bonchev–Trinajstić information content (AvgIpc) is 2.25. The molecule has 3 nitrogen and oxygen atoms in total. The summed E-state index contributed by atoms with van der Waals surface area (Å²) in [7, 11) is 1.52. The van der Waals surface area contributed by atoms with Crippen molar-refractivity contribution in [2.75, 3.05) is 0 Å². The van der Waals surface area contributed by atoms with Crippen molar-refractivity contribution in [3.8, 4) is 6.07 Å². The number of hydrogen-bond donors (Lipinski definition) is 0. The van der Waals surface area contributed by atoms with Gasteiger partial charge in [-0.15, -0.1) is 0 Å². The molecule has 0 aromatic heterocycles. The Balaban J connectivity index is 3.58. The molecule has 16 heavy (non-hydrogen) atoms. The van der Waals surface area contributed by atoms with Crippen molar-refractivity contribution >= 4 is 35.7 Å². The molecule has 0 atom stereocenters. The molecule has 0 heterocycles. The molecule has 0 aliphatic heterocycles. The van der Waals surface area contributed by atoms with E-state index in [-0.39, 0.29) is 4.90 Å². The molecule has 1 rings (SSSR count). The lowest BCUT2D eigenvalue weighted by atomic mass is 10.0. The van der Waals surface area contributed by atoms with E-state index in [0.29, 0.717) is 22.9 Å². The molecule has 0 fully saturated rings. The second-order valence-electron chi connectivity index (χ2n) is 3.15. The highest BCUT2D eigenvalue weighted by Gasteiger charge is 2.17. The van der Waals surface area contributed by atoms with E-state index in [1.807, 2.05) is 13.0 Å². The predicted molar refractivity (Wildman–Crippen MR) is 66.2 cm³/mol. The third-order valence-corrected chi connectivity index (χ3v) is 4.20. The van der Waals surface area contributed by atoms with Gasteiger partial charge in [0.25, 0.3) is 9.05 Å². The van der Waals surface area contributed by atoms with E-state index in [1.165, 1.54) is 6.07 Å². The topological polar surface area (TPSA) is 57.9 Å². The fraction of sp³-hybridized carbons (Fsp3) is 0.300. The maximum atomic E-state index is 11.3. The number of nitriles is 1. The van der Waals surface area contributed by atoms with Crippen LogP contribution in [0.3, 0.4) is 0 Å². The number of aryl methyl sites for hydroxylation is 1. The summed E-state index contributed by atoms with van der Waals surface area (Å²) in [5, 5.41) is 9.40. The Labute approximate surface area is 108 Å². The molecule has 6 heteroatoms. The van der Waals surface area contributed by atoms with Crippen LogP contribution in [-0.2, 0) is 20.8 Å². The Hall–Kier alpha value is -0.570. The summed E-state index contributed by atoms with van der Waals surface area (Å²) >= 11 is 3.25. The minimum Gasteiger partial charge on any atom is -0.207 e. The van der Waals surface area contributed by atoms with E-state index in [4.69, 9.17) is 15.9 Å². The standard InChI is InChI=1S/C10H9BrClNO2S/c1-2-7-3-8(5-11)9(6-13)4-10(7)16(12,14)15/h3-4H,2,5H2,1H3. The molecule has 0 radical (unpaired) electrons. The van der Waals surface area contributed by atoms with Gasteiger partial charge in [-0.1, -0.05) is 28.9 Å². The van der Waals surface area contributed by atoms with E-state index in [1.54, 1.807) is 6.07 Å². The SMILES string of the molecule is CCc1cc(CBr)c(C#N)cc1S(=O)(=O)Cl. The summed E-state index contributed by atoms with van der Waals surface area (Å²) in [5.74, 6) is 0. The van der Waals surface area contributed by atoms with Gasteiger partial charge >= 0.3 is 0 Å². The number of halogens is 2. The first-order chi connectivity index (χ1) is 7.43. The lowest BCUT2D eigenvalue weighted by molar-refractivity contribution is 0.608. The van der Waals surface area contributed by atoms with E-state index < -0.39 is 9.05 Å². The van der Waals surface area contributed by atoms with E-state index >= 15 is 0 Å². The van der Waals surface area contributed by atoms with Crippen molar-refractivity contribution < 1.29 is 8.42 Å². The van der Waals surface area contributed by atoms with Gasteiger partial charge in [0.05, 0.1) is 16.5 Å². The Morgan fingerprint density at radius 1 is 1.44 bits per heavy atom. The first kappa shape index (κ1) is 13.5. The Morgan fingerprint density at radius 3 is 2.44 bits per heavy atom. The quantitative estimate of drug-likeness (QED) is 0.635. The number of benzene rings is 1. The Kier molecular flexibility index (Phi) is 4.36. The highest BCUT2D eigenvalue weighted by molar-refractivity contribution is 9.08. The van der Waals surface area contributed by atoms with E-state index in [9.17, 15) is 8.42 Å². The number of alkyl halides is 1. The molecule has 0 aliphatic rings. The third-order valence-electron chi connectivity index (χ3n) is 2.19. The van der Waals surface area contributed by atoms with Gasteiger partial charge < -0.3 is 0 Å². The fourth-order valence-electron chi connectivity index (χ4n) is 1.39. The maximum absolute atomic E-state index is 11.3. The highest BCUT2D eigenvalue weighted by Crippen LogP contribution is 2.25. The zero-order valence-electron chi connectivity index (χ0n) is 8.50. The Morgan fingerprint density at radius 2 is 2.06 bits per heavy atom. The van der Waals surface area contributed by atoms with Gasteiger partial charge in [-0.25, -0.2) is 8.42 Å². The highest BCUT2D eigenvalue weighted by atomic mass is 79.9. The zero-order chi connectivity index (χ0) is 12.3. The molecule has 0 N–H and O–H groups in total. The van der Waals surface area contributed by atoms with Crippen LogP contribution in [0.5, 0.6) is 0 Å². The Bertz CT molecular complexity index is 549. The molecule has 0 saturated heterocycles. The largest absolute Gasteiger partial charge is 0.261 e. The normalized spacial score (nSPS) is 11.1. The van der Waals surface area contributed by atoms with Crippen LogP contribution in [0.2, 0.25) is 0 Å². The fourth-order valence-corrected chi connectivity index (χ4v) is 3.06. The van der Waals surface area contributed by atoms with Crippen molar-refractivity contribution in [2.45, 2.75) is 23.6 Å². The second kappa shape index (κ2) is 5.17. The molecule has 1 aromatic carbocycles. The summed E-state index contributed by atoms with van der Waals surface area (Å²) in [6.45, 7) is 1.84. The monoisotopic (exact) mass is 321 g/mol. The first-order valence-corrected chi connectivity index (χ1v) is 7.93. The molecule has 1 aromatic rings. The molecule has 86 valence electrons. The number of rotatable bonds is 3. The van der Waals surface area contributed by atoms with Crippen molar-refractivity contribution in [2.24, 2.45) is 0 Å². The summed E-state index contributed by atoms with van der Waals surface area (Å²) < 4.78 is 22.6. The summed E-state index contributed by atoms with van der Waals surface area (Å²) in [5.41, 5.74) is 1.72. The number of nitrogens with zero attached hydrogens (tertiary/aromatic N) is 1. The molecule has 0 bridgehead atoms. The van der Waals surface area contributed by atoms with Crippen LogP contribution in [0.1, 0.15) is 23.6 Å². The smallest absolute Gasteiger partial charge is 0.207 e. The van der Waals surface area contributed by atoms with Gasteiger partial charge in [-0.05, 0) is 23.6 Å². The van der Waals surface area contributed by atoms with Gasteiger partial charge in [0.2, 0.25) is 0 Å². The van der Waals surface area contributed by atoms with Gasteiger partial charge in [0.15, 0.2) is 0 Å². The van der Waals surface area contributed by atoms with Crippen molar-refractivity contribution in [3.05, 3.63) is 28.8 Å². The van der Waals surface area contributed by atoms with Gasteiger partial charge in [-0.2, -0.15) is 5.26 Å². The third kappa shape index (κ3) is 2.76. The van der Waals surface area contributed by atoms with Crippen LogP contribution in [-0.4, -0.2) is 8.42 Å². The van der Waals surface area contributed by atoms with Crippen molar-refractivity contribution in [3.63, 3.8) is 0 Å². The van der Waals surface area contributed by atoms with Crippen LogP contribution in [0.25, 0.3) is 0 Å². The maximum Gasteiger partial charge on any atom is 0.261 e. The second-order valence-corrected chi connectivity index (χ2v) is 6.25. The molecule has 0 spiro atoms. The van der Waals surface area contributed by atoms with Gasteiger partial charge in [-0.3, -0.25) is 0 Å². The molecule has 0 amide bonds. The van der Waals surface area contributed by atoms with Gasteiger partial charge in [0, 0.05) is 16.0 Å². The van der Waals surface area contributed by atoms with Crippen LogP contribution in [0, 0.1) is 11.3 Å². The lowest BCUT2D eigenvalue weighted by Crippen LogP contribution is -2.00. The van der Waals surface area contributed by atoms with Crippen LogP contribution < -0.4 is 0 Å². The average molecular weight is 323 g/mol. The molecular weight excluding hydrogens is 314 g/mol. The van der Waals surface area contributed by atoms with Gasteiger partial charge in [0.1, 0.15) is 0 Å². The predicted octanol–water partition coefficient (Wildman–Crippen LogP) is 2.94. The zero-order valence-corrected chi connectivity index (χ0v) is 11.7. The molecule has 0 unspecified atom stereocenters. The first-order valence-electron chi connectivity index (χ1n) is 4.50. The lowest BCUT2D eigenvalue weighted by Gasteiger charge is -2.08. The molecule has 0 saturated carbocycles. The summed E-state index contributed by atoms with van der Waals surface area (Å²) in [6.07, 6.45) is 0.549. The van der Waals surface area contributed by atoms with E-state index in [2.05, 4.69) is 15.9 Å². The number of hydrogen-bond acceptors (Lipinski definition) is 3.